The van der Waals surface area contributed by atoms with E-state index in [-0.39, 0.29) is 18.0 Å². The van der Waals surface area contributed by atoms with Gasteiger partial charge in [-0.3, -0.25) is 9.44 Å². The SMILES string of the molecule is CS(=O)(=O)Nc1ccc(CCN2CCCC3(Cc4ccc(NS(C)(=O)=O)cc4CO3)C2)cc1.Cl. The number of ether oxygens (including phenoxy) is 1. The zero-order valence-electron chi connectivity index (χ0n) is 19.4. The standard InChI is InChI=1S/C23H31N3O5S2.ClH/c1-32(27,28)24-21-7-4-18(5-8-21)10-13-26-12-3-11-23(17-26)15-19-6-9-22(25-33(2,29)30)14-20(19)16-31-23;/h4-9,14,24-25H,3,10-13,15-17H2,1-2H3;1H. The van der Waals surface area contributed by atoms with Crippen LogP contribution in [0.4, 0.5) is 11.4 Å². The summed E-state index contributed by atoms with van der Waals surface area (Å²) >= 11 is 0. The van der Waals surface area contributed by atoms with E-state index >= 15 is 0 Å². The number of hydrogen-bond donors (Lipinski definition) is 2. The highest BCUT2D eigenvalue weighted by Gasteiger charge is 2.39. The highest BCUT2D eigenvalue weighted by molar-refractivity contribution is 7.92. The quantitative estimate of drug-likeness (QED) is 0.571. The number of piperidine rings is 1. The van der Waals surface area contributed by atoms with Gasteiger partial charge in [-0.15, -0.1) is 12.4 Å². The number of hydrogen-bond acceptors (Lipinski definition) is 6. The van der Waals surface area contributed by atoms with E-state index in [0.29, 0.717) is 18.0 Å². The fourth-order valence-corrected chi connectivity index (χ4v) is 5.84. The monoisotopic (exact) mass is 529 g/mol. The van der Waals surface area contributed by atoms with Crippen molar-refractivity contribution in [3.05, 3.63) is 59.2 Å². The molecule has 1 spiro atoms. The molecule has 2 heterocycles. The molecule has 2 aromatic rings. The molecule has 2 aromatic carbocycles. The Balaban J connectivity index is 0.00000324. The first kappa shape index (κ1) is 26.7. The van der Waals surface area contributed by atoms with Gasteiger partial charge in [0.25, 0.3) is 0 Å². The van der Waals surface area contributed by atoms with Crippen LogP contribution in [0.1, 0.15) is 29.5 Å². The van der Waals surface area contributed by atoms with Crippen LogP contribution >= 0.6 is 12.4 Å². The minimum Gasteiger partial charge on any atom is -0.369 e. The molecule has 0 saturated carbocycles. The second kappa shape index (κ2) is 10.4. The number of halogens is 1. The number of rotatable bonds is 7. The summed E-state index contributed by atoms with van der Waals surface area (Å²) in [7, 11) is -6.58. The highest BCUT2D eigenvalue weighted by Crippen LogP contribution is 2.36. The summed E-state index contributed by atoms with van der Waals surface area (Å²) in [5.41, 5.74) is 4.35. The lowest BCUT2D eigenvalue weighted by Crippen LogP contribution is -2.53. The molecule has 0 radical (unpaired) electrons. The van der Waals surface area contributed by atoms with Crippen LogP contribution in [0, 0.1) is 0 Å². The molecule has 0 aromatic heterocycles. The largest absolute Gasteiger partial charge is 0.369 e. The summed E-state index contributed by atoms with van der Waals surface area (Å²) in [6.45, 7) is 3.29. The first-order chi connectivity index (χ1) is 15.5. The molecule has 0 bridgehead atoms. The molecular weight excluding hydrogens is 498 g/mol. The van der Waals surface area contributed by atoms with Gasteiger partial charge in [-0.25, -0.2) is 16.8 Å². The highest BCUT2D eigenvalue weighted by atomic mass is 35.5. The normalized spacial score (nSPS) is 20.9. The number of sulfonamides is 2. The maximum atomic E-state index is 11.5. The van der Waals surface area contributed by atoms with E-state index in [2.05, 4.69) is 14.3 Å². The summed E-state index contributed by atoms with van der Waals surface area (Å²) in [6.07, 6.45) is 6.08. The van der Waals surface area contributed by atoms with Crippen LogP contribution in [-0.4, -0.2) is 59.5 Å². The van der Waals surface area contributed by atoms with Crippen molar-refractivity contribution in [1.29, 1.82) is 0 Å². The lowest BCUT2D eigenvalue weighted by atomic mass is 9.82. The molecule has 2 N–H and O–H groups in total. The van der Waals surface area contributed by atoms with E-state index < -0.39 is 20.0 Å². The van der Waals surface area contributed by atoms with Gasteiger partial charge in [0.15, 0.2) is 0 Å². The van der Waals surface area contributed by atoms with Crippen molar-refractivity contribution in [1.82, 2.24) is 4.90 Å². The Hall–Kier alpha value is -1.85. The second-order valence-electron chi connectivity index (χ2n) is 9.21. The van der Waals surface area contributed by atoms with Crippen molar-refractivity contribution in [2.45, 2.75) is 37.9 Å². The van der Waals surface area contributed by atoms with Gasteiger partial charge in [0.2, 0.25) is 20.0 Å². The first-order valence-electron chi connectivity index (χ1n) is 11.0. The third-order valence-electron chi connectivity index (χ3n) is 6.15. The summed E-state index contributed by atoms with van der Waals surface area (Å²) in [5, 5.41) is 0. The Morgan fingerprint density at radius 3 is 2.26 bits per heavy atom. The van der Waals surface area contributed by atoms with Crippen LogP contribution in [0.3, 0.4) is 0 Å². The lowest BCUT2D eigenvalue weighted by molar-refractivity contribution is -0.107. The fourth-order valence-electron chi connectivity index (χ4n) is 4.72. The van der Waals surface area contributed by atoms with Gasteiger partial charge >= 0.3 is 0 Å². The van der Waals surface area contributed by atoms with Crippen molar-refractivity contribution < 1.29 is 21.6 Å². The van der Waals surface area contributed by atoms with E-state index in [0.717, 1.165) is 69.0 Å². The molecule has 1 unspecified atom stereocenters. The molecule has 11 heteroatoms. The maximum absolute atomic E-state index is 11.5. The molecule has 2 aliphatic heterocycles. The summed E-state index contributed by atoms with van der Waals surface area (Å²) in [5.74, 6) is 0. The third kappa shape index (κ3) is 7.32. The average molecular weight is 530 g/mol. The van der Waals surface area contributed by atoms with Crippen molar-refractivity contribution >= 4 is 43.8 Å². The molecule has 1 saturated heterocycles. The van der Waals surface area contributed by atoms with Gasteiger partial charge < -0.3 is 9.64 Å². The third-order valence-corrected chi connectivity index (χ3v) is 7.36. The summed E-state index contributed by atoms with van der Waals surface area (Å²) in [4.78, 5) is 2.44. The molecule has 34 heavy (non-hydrogen) atoms. The van der Waals surface area contributed by atoms with Crippen LogP contribution < -0.4 is 9.44 Å². The van der Waals surface area contributed by atoms with Crippen molar-refractivity contribution in [3.63, 3.8) is 0 Å². The van der Waals surface area contributed by atoms with Gasteiger partial charge in [0.1, 0.15) is 0 Å². The topological polar surface area (TPSA) is 105 Å². The van der Waals surface area contributed by atoms with E-state index in [1.807, 2.05) is 30.3 Å². The zero-order valence-corrected chi connectivity index (χ0v) is 21.9. The fraction of sp³-hybridized carbons (Fsp3) is 0.478. The number of fused-ring (bicyclic) bond motifs is 1. The van der Waals surface area contributed by atoms with Crippen LogP contribution in [0.5, 0.6) is 0 Å². The van der Waals surface area contributed by atoms with Gasteiger partial charge in [-0.05, 0) is 66.8 Å². The van der Waals surface area contributed by atoms with Crippen LogP contribution in [0.25, 0.3) is 0 Å². The van der Waals surface area contributed by atoms with Gasteiger partial charge in [0, 0.05) is 30.9 Å². The number of likely N-dealkylation sites (tertiary alicyclic amines) is 1. The lowest BCUT2D eigenvalue weighted by Gasteiger charge is -2.45. The van der Waals surface area contributed by atoms with E-state index in [9.17, 15) is 16.8 Å². The Morgan fingerprint density at radius 1 is 0.941 bits per heavy atom. The number of anilines is 2. The van der Waals surface area contributed by atoms with Crippen LogP contribution in [0.2, 0.25) is 0 Å². The average Bonchev–Trinajstić information content (AvgIpc) is 2.71. The smallest absolute Gasteiger partial charge is 0.229 e. The Bertz CT molecular complexity index is 1220. The van der Waals surface area contributed by atoms with E-state index in [4.69, 9.17) is 4.74 Å². The molecule has 2 aliphatic rings. The maximum Gasteiger partial charge on any atom is 0.229 e. The molecule has 8 nitrogen and oxygen atoms in total. The minimum atomic E-state index is -3.31. The molecule has 4 rings (SSSR count). The molecular formula is C23H32ClN3O5S2. The first-order valence-corrected chi connectivity index (χ1v) is 14.8. The van der Waals surface area contributed by atoms with Crippen molar-refractivity contribution in [2.24, 2.45) is 0 Å². The van der Waals surface area contributed by atoms with Crippen LogP contribution in [0.15, 0.2) is 42.5 Å². The number of benzene rings is 2. The predicted octanol–water partition coefficient (Wildman–Crippen LogP) is 3.00. The van der Waals surface area contributed by atoms with E-state index in [1.54, 1.807) is 12.1 Å². The Kier molecular flexibility index (Phi) is 8.19. The van der Waals surface area contributed by atoms with Crippen LogP contribution in [-0.2, 0) is 44.2 Å². The molecule has 1 atom stereocenters. The Morgan fingerprint density at radius 2 is 1.59 bits per heavy atom. The summed E-state index contributed by atoms with van der Waals surface area (Å²) < 4.78 is 57.1. The molecule has 188 valence electrons. The molecule has 1 fully saturated rings. The molecule has 0 amide bonds. The molecule has 0 aliphatic carbocycles. The summed E-state index contributed by atoms with van der Waals surface area (Å²) in [6, 6.07) is 13.2. The van der Waals surface area contributed by atoms with Gasteiger partial charge in [0.05, 0.1) is 24.7 Å². The van der Waals surface area contributed by atoms with E-state index in [1.165, 1.54) is 5.56 Å². The van der Waals surface area contributed by atoms with Gasteiger partial charge in [-0.2, -0.15) is 0 Å². The van der Waals surface area contributed by atoms with Crippen molar-refractivity contribution in [2.75, 3.05) is 41.6 Å². The van der Waals surface area contributed by atoms with Gasteiger partial charge in [-0.1, -0.05) is 18.2 Å². The van der Waals surface area contributed by atoms with Crippen molar-refractivity contribution in [3.8, 4) is 0 Å². The number of nitrogens with zero attached hydrogens (tertiary/aromatic N) is 1. The minimum absolute atomic E-state index is 0. The zero-order chi connectivity index (χ0) is 23.7. The predicted molar refractivity (Wildman–Crippen MR) is 138 cm³/mol. The number of nitrogens with one attached hydrogen (secondary N) is 2. The Labute approximate surface area is 208 Å². The second-order valence-corrected chi connectivity index (χ2v) is 12.7.